The normalized spacial score (nSPS) is 18.9. The standard InChI is InChI=1S/C21H36N6O3/c1-4-17(5-2)19-14-18(30-24-19)15-23-21(22-3)27-8-6-25(7-9-27)16-20(28)26-10-12-29-13-11-26/h14,17H,4-13,15-16H2,1-3H3,(H,22,23). The lowest BCUT2D eigenvalue weighted by molar-refractivity contribution is -0.136. The summed E-state index contributed by atoms with van der Waals surface area (Å²) in [5, 5.41) is 7.62. The van der Waals surface area contributed by atoms with Crippen LogP contribution in [0.2, 0.25) is 0 Å². The molecule has 9 heteroatoms. The van der Waals surface area contributed by atoms with Crippen LogP contribution in [0.15, 0.2) is 15.6 Å². The number of hydrogen-bond donors (Lipinski definition) is 1. The van der Waals surface area contributed by atoms with Crippen LogP contribution in [0.4, 0.5) is 0 Å². The molecule has 0 atom stereocenters. The van der Waals surface area contributed by atoms with E-state index >= 15 is 0 Å². The predicted molar refractivity (Wildman–Crippen MR) is 115 cm³/mol. The number of aromatic nitrogens is 1. The fraction of sp³-hybridized carbons (Fsp3) is 0.762. The summed E-state index contributed by atoms with van der Waals surface area (Å²) in [6.45, 7) is 11.5. The van der Waals surface area contributed by atoms with Crippen LogP contribution in [-0.4, -0.2) is 97.8 Å². The highest BCUT2D eigenvalue weighted by atomic mass is 16.5. The average molecular weight is 421 g/mol. The molecule has 0 spiro atoms. The minimum Gasteiger partial charge on any atom is -0.378 e. The highest BCUT2D eigenvalue weighted by Crippen LogP contribution is 2.22. The number of amides is 1. The summed E-state index contributed by atoms with van der Waals surface area (Å²) < 4.78 is 10.8. The van der Waals surface area contributed by atoms with E-state index in [0.717, 1.165) is 56.4 Å². The van der Waals surface area contributed by atoms with E-state index in [1.807, 2.05) is 11.0 Å². The fourth-order valence-electron chi connectivity index (χ4n) is 4.03. The Hall–Kier alpha value is -2.13. The van der Waals surface area contributed by atoms with Crippen LogP contribution in [0.25, 0.3) is 0 Å². The summed E-state index contributed by atoms with van der Waals surface area (Å²) >= 11 is 0. The van der Waals surface area contributed by atoms with Gasteiger partial charge >= 0.3 is 0 Å². The Kier molecular flexibility index (Phi) is 8.50. The van der Waals surface area contributed by atoms with Gasteiger partial charge in [-0.15, -0.1) is 0 Å². The molecule has 0 aliphatic carbocycles. The number of morpholine rings is 1. The van der Waals surface area contributed by atoms with Crippen LogP contribution in [0, 0.1) is 0 Å². The molecule has 2 fully saturated rings. The van der Waals surface area contributed by atoms with Gasteiger partial charge in [0.15, 0.2) is 11.7 Å². The Morgan fingerprint density at radius 1 is 1.13 bits per heavy atom. The molecule has 0 aromatic carbocycles. The third-order valence-electron chi connectivity index (χ3n) is 6.01. The van der Waals surface area contributed by atoms with Crippen LogP contribution >= 0.6 is 0 Å². The second-order valence-electron chi connectivity index (χ2n) is 7.89. The molecule has 0 radical (unpaired) electrons. The number of ether oxygens (including phenoxy) is 1. The predicted octanol–water partition coefficient (Wildman–Crippen LogP) is 1.13. The van der Waals surface area contributed by atoms with Gasteiger partial charge in [0.25, 0.3) is 0 Å². The molecule has 3 heterocycles. The van der Waals surface area contributed by atoms with Crippen molar-refractivity contribution in [1.82, 2.24) is 25.2 Å². The quantitative estimate of drug-likeness (QED) is 0.523. The largest absolute Gasteiger partial charge is 0.378 e. The molecule has 0 saturated carbocycles. The Labute approximate surface area is 179 Å². The number of rotatable bonds is 7. The Morgan fingerprint density at radius 3 is 2.47 bits per heavy atom. The van der Waals surface area contributed by atoms with Crippen molar-refractivity contribution in [2.45, 2.75) is 39.2 Å². The van der Waals surface area contributed by atoms with E-state index in [-0.39, 0.29) is 5.91 Å². The molecule has 3 rings (SSSR count). The van der Waals surface area contributed by atoms with Crippen LogP contribution in [0.3, 0.4) is 0 Å². The van der Waals surface area contributed by atoms with E-state index in [9.17, 15) is 4.79 Å². The van der Waals surface area contributed by atoms with E-state index in [0.29, 0.717) is 45.3 Å². The Bertz CT molecular complexity index is 689. The summed E-state index contributed by atoms with van der Waals surface area (Å²) in [6.07, 6.45) is 2.13. The van der Waals surface area contributed by atoms with Crippen molar-refractivity contribution in [3.63, 3.8) is 0 Å². The van der Waals surface area contributed by atoms with Crippen molar-refractivity contribution in [3.8, 4) is 0 Å². The zero-order chi connectivity index (χ0) is 21.3. The summed E-state index contributed by atoms with van der Waals surface area (Å²) in [5.74, 6) is 2.34. The number of carbonyl (C=O) groups excluding carboxylic acids is 1. The first-order valence-electron chi connectivity index (χ1n) is 11.1. The first kappa shape index (κ1) is 22.6. The molecule has 0 unspecified atom stereocenters. The Balaban J connectivity index is 1.43. The second-order valence-corrected chi connectivity index (χ2v) is 7.89. The molecule has 1 aromatic rings. The van der Waals surface area contributed by atoms with Gasteiger partial charge < -0.3 is 24.4 Å². The van der Waals surface area contributed by atoms with Gasteiger partial charge in [0.2, 0.25) is 5.91 Å². The molecule has 1 amide bonds. The number of nitrogens with one attached hydrogen (secondary N) is 1. The van der Waals surface area contributed by atoms with Crippen molar-refractivity contribution in [2.24, 2.45) is 4.99 Å². The fourth-order valence-corrected chi connectivity index (χ4v) is 4.03. The second kappa shape index (κ2) is 11.3. The van der Waals surface area contributed by atoms with Crippen LogP contribution in [0.1, 0.15) is 44.1 Å². The third kappa shape index (κ3) is 5.95. The maximum atomic E-state index is 12.5. The number of carbonyl (C=O) groups is 1. The number of hydrogen-bond acceptors (Lipinski definition) is 6. The lowest BCUT2D eigenvalue weighted by Gasteiger charge is -2.37. The van der Waals surface area contributed by atoms with Gasteiger partial charge in [-0.2, -0.15) is 0 Å². The first-order valence-corrected chi connectivity index (χ1v) is 11.1. The van der Waals surface area contributed by atoms with Crippen molar-refractivity contribution in [3.05, 3.63) is 17.5 Å². The van der Waals surface area contributed by atoms with Gasteiger partial charge in [0.1, 0.15) is 0 Å². The van der Waals surface area contributed by atoms with Crippen LogP contribution in [-0.2, 0) is 16.1 Å². The topological polar surface area (TPSA) is 86.4 Å². The van der Waals surface area contributed by atoms with Gasteiger partial charge in [-0.1, -0.05) is 19.0 Å². The molecule has 1 aromatic heterocycles. The molecule has 9 nitrogen and oxygen atoms in total. The lowest BCUT2D eigenvalue weighted by atomic mass is 9.99. The van der Waals surface area contributed by atoms with Crippen molar-refractivity contribution in [1.29, 1.82) is 0 Å². The van der Waals surface area contributed by atoms with Crippen molar-refractivity contribution < 1.29 is 14.1 Å². The summed E-state index contributed by atoms with van der Waals surface area (Å²) in [7, 11) is 1.80. The maximum Gasteiger partial charge on any atom is 0.236 e. The van der Waals surface area contributed by atoms with Crippen LogP contribution < -0.4 is 5.32 Å². The maximum absolute atomic E-state index is 12.5. The van der Waals surface area contributed by atoms with Crippen molar-refractivity contribution >= 4 is 11.9 Å². The van der Waals surface area contributed by atoms with E-state index in [2.05, 4.69) is 39.1 Å². The van der Waals surface area contributed by atoms with E-state index < -0.39 is 0 Å². The number of nitrogens with zero attached hydrogens (tertiary/aromatic N) is 5. The van der Waals surface area contributed by atoms with E-state index in [1.165, 1.54) is 0 Å². The molecule has 30 heavy (non-hydrogen) atoms. The van der Waals surface area contributed by atoms with Gasteiger partial charge in [-0.05, 0) is 12.8 Å². The molecule has 0 bridgehead atoms. The highest BCUT2D eigenvalue weighted by Gasteiger charge is 2.24. The Morgan fingerprint density at radius 2 is 1.83 bits per heavy atom. The highest BCUT2D eigenvalue weighted by molar-refractivity contribution is 5.80. The lowest BCUT2D eigenvalue weighted by Crippen LogP contribution is -2.54. The molecular weight excluding hydrogens is 384 g/mol. The smallest absolute Gasteiger partial charge is 0.236 e. The number of piperazine rings is 1. The molecule has 2 aliphatic heterocycles. The molecular formula is C21H36N6O3. The SMILES string of the molecule is CCC(CC)c1cc(CNC(=NC)N2CCN(CC(=O)N3CCOCC3)CC2)on1. The summed E-state index contributed by atoms with van der Waals surface area (Å²) in [5.41, 5.74) is 1.03. The molecule has 2 aliphatic rings. The molecule has 2 saturated heterocycles. The number of aliphatic imine (C=N–C) groups is 1. The molecule has 1 N–H and O–H groups in total. The monoisotopic (exact) mass is 420 g/mol. The zero-order valence-corrected chi connectivity index (χ0v) is 18.6. The summed E-state index contributed by atoms with van der Waals surface area (Å²) in [6, 6.07) is 2.05. The minimum absolute atomic E-state index is 0.202. The van der Waals surface area contributed by atoms with Gasteiger partial charge in [0.05, 0.1) is 32.0 Å². The van der Waals surface area contributed by atoms with Crippen molar-refractivity contribution in [2.75, 3.05) is 66.1 Å². The third-order valence-corrected chi connectivity index (χ3v) is 6.01. The molecule has 168 valence electrons. The van der Waals surface area contributed by atoms with Gasteiger partial charge in [-0.3, -0.25) is 14.7 Å². The average Bonchev–Trinajstić information content (AvgIpc) is 3.25. The van der Waals surface area contributed by atoms with Crippen LogP contribution in [0.5, 0.6) is 0 Å². The first-order chi connectivity index (χ1) is 14.6. The number of guanidine groups is 1. The van der Waals surface area contributed by atoms with Gasteiger partial charge in [0, 0.05) is 58.3 Å². The minimum atomic E-state index is 0.202. The van der Waals surface area contributed by atoms with E-state index in [4.69, 9.17) is 9.26 Å². The summed E-state index contributed by atoms with van der Waals surface area (Å²) in [4.78, 5) is 23.2. The van der Waals surface area contributed by atoms with E-state index in [1.54, 1.807) is 7.05 Å². The zero-order valence-electron chi connectivity index (χ0n) is 18.6. The van der Waals surface area contributed by atoms with Gasteiger partial charge in [-0.25, -0.2) is 0 Å².